The zero-order chi connectivity index (χ0) is 14.5. The normalized spacial score (nSPS) is 31.4. The molecule has 0 amide bonds. The van der Waals surface area contributed by atoms with E-state index in [2.05, 4.69) is 35.8 Å². The van der Waals surface area contributed by atoms with Gasteiger partial charge in [-0.15, -0.1) is 0 Å². The molecule has 0 saturated carbocycles. The Morgan fingerprint density at radius 3 is 2.40 bits per heavy atom. The monoisotopic (exact) mass is 282 g/mol. The van der Waals surface area contributed by atoms with E-state index in [1.807, 2.05) is 0 Å². The van der Waals surface area contributed by atoms with Crippen LogP contribution in [0, 0.1) is 5.92 Å². The fraction of sp³-hybridized carbons (Fsp3) is 0.875. The van der Waals surface area contributed by atoms with E-state index in [0.29, 0.717) is 5.92 Å². The van der Waals surface area contributed by atoms with Gasteiger partial charge in [0.05, 0.1) is 12.2 Å². The van der Waals surface area contributed by atoms with E-state index in [9.17, 15) is 10.2 Å². The third-order valence-electron chi connectivity index (χ3n) is 4.48. The van der Waals surface area contributed by atoms with Gasteiger partial charge < -0.3 is 10.2 Å². The molecule has 2 N–H and O–H groups in total. The molecule has 4 nitrogen and oxygen atoms in total. The molecule has 0 aromatic carbocycles. The van der Waals surface area contributed by atoms with Crippen molar-refractivity contribution in [2.45, 2.75) is 51.4 Å². The number of allylic oxidation sites excluding steroid dienone is 1. The molecule has 0 aromatic rings. The van der Waals surface area contributed by atoms with Gasteiger partial charge in [0.1, 0.15) is 0 Å². The maximum absolute atomic E-state index is 10.4. The molecule has 4 heteroatoms. The second-order valence-corrected chi connectivity index (χ2v) is 6.62. The fourth-order valence-corrected chi connectivity index (χ4v) is 3.28. The van der Waals surface area contributed by atoms with Gasteiger partial charge in [0.25, 0.3) is 0 Å². The maximum atomic E-state index is 10.4. The van der Waals surface area contributed by atoms with Crippen molar-refractivity contribution >= 4 is 0 Å². The smallest absolute Gasteiger partial charge is 0.0822 e. The van der Waals surface area contributed by atoms with Crippen LogP contribution in [0.4, 0.5) is 0 Å². The minimum absolute atomic E-state index is 0.135. The van der Waals surface area contributed by atoms with E-state index < -0.39 is 0 Å². The van der Waals surface area contributed by atoms with Crippen LogP contribution in [0.25, 0.3) is 0 Å². The average molecular weight is 282 g/mol. The van der Waals surface area contributed by atoms with Gasteiger partial charge in [0.15, 0.2) is 0 Å². The van der Waals surface area contributed by atoms with E-state index in [1.54, 1.807) is 0 Å². The van der Waals surface area contributed by atoms with Gasteiger partial charge in [-0.2, -0.15) is 0 Å². The zero-order valence-corrected chi connectivity index (χ0v) is 12.9. The summed E-state index contributed by atoms with van der Waals surface area (Å²) >= 11 is 0. The zero-order valence-electron chi connectivity index (χ0n) is 12.9. The molecule has 2 aliphatic heterocycles. The number of aliphatic hydroxyl groups excluding tert-OH is 2. The van der Waals surface area contributed by atoms with Crippen LogP contribution in [0.3, 0.4) is 0 Å². The first-order chi connectivity index (χ1) is 9.56. The third kappa shape index (κ3) is 4.55. The molecule has 116 valence electrons. The summed E-state index contributed by atoms with van der Waals surface area (Å²) < 4.78 is 0. The van der Waals surface area contributed by atoms with Crippen molar-refractivity contribution in [3.05, 3.63) is 12.2 Å². The van der Waals surface area contributed by atoms with Gasteiger partial charge >= 0.3 is 0 Å². The Balaban J connectivity index is 1.77. The number of β-amino-alcohol motifs (C(OH)–C–C–N with tert-alkyl or cyclic N) is 1. The topological polar surface area (TPSA) is 46.9 Å². The van der Waals surface area contributed by atoms with Crippen molar-refractivity contribution in [1.82, 2.24) is 9.80 Å². The Morgan fingerprint density at radius 2 is 1.80 bits per heavy atom. The molecule has 0 unspecified atom stereocenters. The second kappa shape index (κ2) is 7.55. The number of rotatable bonds is 4. The summed E-state index contributed by atoms with van der Waals surface area (Å²) in [6, 6.07) is 0.285. The Hall–Kier alpha value is -0.420. The molecular weight excluding hydrogens is 252 g/mol. The predicted molar refractivity (Wildman–Crippen MR) is 81.6 cm³/mol. The van der Waals surface area contributed by atoms with Crippen molar-refractivity contribution in [3.8, 4) is 0 Å². The lowest BCUT2D eigenvalue weighted by atomic mass is 9.96. The standard InChI is InChI=1S/C16H30N2O2/c1-13(2)4-3-8-17-9-7-15(16(20)12-17)18-10-5-14(19)6-11-18/h3-4,13-16,19-20H,5-12H2,1-2H3/b4-3+/t15-,16-/m0/s1. The number of hydrogen-bond donors (Lipinski definition) is 2. The molecule has 0 aliphatic carbocycles. The van der Waals surface area contributed by atoms with Crippen molar-refractivity contribution in [2.24, 2.45) is 5.92 Å². The van der Waals surface area contributed by atoms with Crippen LogP contribution in [0.5, 0.6) is 0 Å². The Morgan fingerprint density at radius 1 is 1.10 bits per heavy atom. The lowest BCUT2D eigenvalue weighted by Gasteiger charge is -2.43. The van der Waals surface area contributed by atoms with E-state index in [4.69, 9.17) is 0 Å². The molecule has 0 bridgehead atoms. The summed E-state index contributed by atoms with van der Waals surface area (Å²) in [5.74, 6) is 0.595. The van der Waals surface area contributed by atoms with Gasteiger partial charge in [-0.05, 0) is 25.2 Å². The summed E-state index contributed by atoms with van der Waals surface area (Å²) in [4.78, 5) is 4.71. The van der Waals surface area contributed by atoms with Gasteiger partial charge in [-0.25, -0.2) is 0 Å². The molecular formula is C16H30N2O2. The average Bonchev–Trinajstić information content (AvgIpc) is 2.40. The van der Waals surface area contributed by atoms with Crippen LogP contribution < -0.4 is 0 Å². The van der Waals surface area contributed by atoms with Gasteiger partial charge in [0, 0.05) is 38.8 Å². The first-order valence-electron chi connectivity index (χ1n) is 8.05. The number of nitrogens with zero attached hydrogens (tertiary/aromatic N) is 2. The molecule has 0 radical (unpaired) electrons. The molecule has 2 heterocycles. The lowest BCUT2D eigenvalue weighted by Crippen LogP contribution is -2.56. The maximum Gasteiger partial charge on any atom is 0.0822 e. The van der Waals surface area contributed by atoms with Crippen LogP contribution >= 0.6 is 0 Å². The van der Waals surface area contributed by atoms with Crippen molar-refractivity contribution in [2.75, 3.05) is 32.7 Å². The summed E-state index contributed by atoms with van der Waals surface area (Å²) in [5.41, 5.74) is 0. The van der Waals surface area contributed by atoms with Crippen LogP contribution in [0.15, 0.2) is 12.2 Å². The molecule has 2 atom stereocenters. The highest BCUT2D eigenvalue weighted by molar-refractivity contribution is 4.93. The Labute approximate surface area is 123 Å². The highest BCUT2D eigenvalue weighted by Gasteiger charge is 2.33. The molecule has 20 heavy (non-hydrogen) atoms. The minimum Gasteiger partial charge on any atom is -0.393 e. The van der Waals surface area contributed by atoms with Gasteiger partial charge in [-0.3, -0.25) is 9.80 Å². The quantitative estimate of drug-likeness (QED) is 0.758. The van der Waals surface area contributed by atoms with E-state index in [-0.39, 0.29) is 18.2 Å². The minimum atomic E-state index is -0.258. The van der Waals surface area contributed by atoms with Crippen molar-refractivity contribution in [1.29, 1.82) is 0 Å². The fourth-order valence-electron chi connectivity index (χ4n) is 3.28. The molecule has 0 aromatic heterocycles. The van der Waals surface area contributed by atoms with Crippen molar-refractivity contribution < 1.29 is 10.2 Å². The van der Waals surface area contributed by atoms with Gasteiger partial charge in [-0.1, -0.05) is 26.0 Å². The summed E-state index contributed by atoms with van der Waals surface area (Å²) in [6.45, 7) is 8.99. The number of piperidine rings is 2. The Kier molecular flexibility index (Phi) is 6.02. The van der Waals surface area contributed by atoms with Crippen LogP contribution in [0.1, 0.15) is 33.1 Å². The lowest BCUT2D eigenvalue weighted by molar-refractivity contribution is -0.0315. The largest absolute Gasteiger partial charge is 0.393 e. The van der Waals surface area contributed by atoms with E-state index >= 15 is 0 Å². The van der Waals surface area contributed by atoms with Crippen LogP contribution in [0.2, 0.25) is 0 Å². The van der Waals surface area contributed by atoms with Crippen LogP contribution in [-0.4, -0.2) is 71.0 Å². The molecule has 2 saturated heterocycles. The highest BCUT2D eigenvalue weighted by Crippen LogP contribution is 2.21. The second-order valence-electron chi connectivity index (χ2n) is 6.62. The first-order valence-corrected chi connectivity index (χ1v) is 8.05. The Bertz CT molecular complexity index is 312. The molecule has 0 spiro atoms. The number of aliphatic hydroxyl groups is 2. The number of hydrogen-bond acceptors (Lipinski definition) is 4. The first kappa shape index (κ1) is 16.0. The SMILES string of the molecule is CC(C)/C=C/CN1CC[C@H](N2CCC(O)CC2)[C@@H](O)C1. The summed E-state index contributed by atoms with van der Waals surface area (Å²) in [6.07, 6.45) is 6.79. The highest BCUT2D eigenvalue weighted by atomic mass is 16.3. The van der Waals surface area contributed by atoms with Crippen LogP contribution in [-0.2, 0) is 0 Å². The molecule has 2 aliphatic rings. The third-order valence-corrected chi connectivity index (χ3v) is 4.48. The predicted octanol–water partition coefficient (Wildman–Crippen LogP) is 1.09. The van der Waals surface area contributed by atoms with E-state index in [1.165, 1.54) is 0 Å². The number of likely N-dealkylation sites (tertiary alicyclic amines) is 2. The van der Waals surface area contributed by atoms with E-state index in [0.717, 1.165) is 52.0 Å². The van der Waals surface area contributed by atoms with Gasteiger partial charge in [0.2, 0.25) is 0 Å². The molecule has 2 fully saturated rings. The molecule has 2 rings (SSSR count). The summed E-state index contributed by atoms with van der Waals surface area (Å²) in [5, 5.41) is 20.0. The summed E-state index contributed by atoms with van der Waals surface area (Å²) in [7, 11) is 0. The van der Waals surface area contributed by atoms with Crippen molar-refractivity contribution in [3.63, 3.8) is 0 Å².